The number of sulfonamides is 1. The Labute approximate surface area is 149 Å². The van der Waals surface area contributed by atoms with Gasteiger partial charge in [0.25, 0.3) is 0 Å². The maximum atomic E-state index is 13.0. The highest BCUT2D eigenvalue weighted by molar-refractivity contribution is 7.92. The van der Waals surface area contributed by atoms with Gasteiger partial charge in [-0.1, -0.05) is 19.1 Å². The number of carbonyl (C=O) groups is 1. The molecule has 7 nitrogen and oxygen atoms in total. The molecular formula is C16H24N2O5S2. The lowest BCUT2D eigenvalue weighted by Crippen LogP contribution is -2.50. The second-order valence-electron chi connectivity index (χ2n) is 6.56. The van der Waals surface area contributed by atoms with Gasteiger partial charge in [-0.3, -0.25) is 4.79 Å². The summed E-state index contributed by atoms with van der Waals surface area (Å²) in [6, 6.07) is 6.26. The number of benzene rings is 1. The summed E-state index contributed by atoms with van der Waals surface area (Å²) in [5.74, 6) is -0.317. The Hall–Kier alpha value is -1.45. The molecule has 1 fully saturated rings. The minimum Gasteiger partial charge on any atom is -0.352 e. The molecular weight excluding hydrogens is 364 g/mol. The van der Waals surface area contributed by atoms with E-state index in [0.717, 1.165) is 5.56 Å². The summed E-state index contributed by atoms with van der Waals surface area (Å²) in [6.07, 6.45) is 0.295. The van der Waals surface area contributed by atoms with Crippen LogP contribution in [0.1, 0.15) is 32.8 Å². The van der Waals surface area contributed by atoms with Gasteiger partial charge < -0.3 is 5.32 Å². The Bertz CT molecular complexity index is 847. The molecule has 1 saturated heterocycles. The molecule has 2 rings (SSSR count). The SMILES string of the molecule is CCN([C@]1(C)CCS(=O)(=O)C1)S(=O)(=O)c1ccc(CNC(C)=O)cc1. The molecule has 1 atom stereocenters. The number of nitrogens with one attached hydrogen (secondary N) is 1. The molecule has 1 N–H and O–H groups in total. The van der Waals surface area contributed by atoms with Gasteiger partial charge in [-0.15, -0.1) is 0 Å². The molecule has 0 unspecified atom stereocenters. The Morgan fingerprint density at radius 2 is 1.88 bits per heavy atom. The van der Waals surface area contributed by atoms with E-state index in [1.807, 2.05) is 0 Å². The monoisotopic (exact) mass is 388 g/mol. The number of hydrogen-bond donors (Lipinski definition) is 1. The van der Waals surface area contributed by atoms with Crippen LogP contribution in [0, 0.1) is 0 Å². The lowest BCUT2D eigenvalue weighted by atomic mass is 10.0. The topological polar surface area (TPSA) is 101 Å². The highest BCUT2D eigenvalue weighted by atomic mass is 32.2. The van der Waals surface area contributed by atoms with Crippen molar-refractivity contribution < 1.29 is 21.6 Å². The number of sulfone groups is 1. The van der Waals surface area contributed by atoms with Crippen molar-refractivity contribution in [1.29, 1.82) is 0 Å². The van der Waals surface area contributed by atoms with E-state index in [9.17, 15) is 21.6 Å². The summed E-state index contributed by atoms with van der Waals surface area (Å²) in [5, 5.41) is 2.65. The summed E-state index contributed by atoms with van der Waals surface area (Å²) < 4.78 is 51.0. The smallest absolute Gasteiger partial charge is 0.243 e. The van der Waals surface area contributed by atoms with Gasteiger partial charge in [0.05, 0.1) is 16.4 Å². The van der Waals surface area contributed by atoms with Crippen LogP contribution in [0.25, 0.3) is 0 Å². The van der Waals surface area contributed by atoms with E-state index in [2.05, 4.69) is 5.32 Å². The van der Waals surface area contributed by atoms with Crippen molar-refractivity contribution in [2.24, 2.45) is 0 Å². The van der Waals surface area contributed by atoms with Crippen molar-refractivity contribution in [2.75, 3.05) is 18.1 Å². The number of amides is 1. The maximum Gasteiger partial charge on any atom is 0.243 e. The minimum absolute atomic E-state index is 0.00513. The molecule has 0 aromatic heterocycles. The molecule has 1 heterocycles. The third-order valence-corrected chi connectivity index (χ3v) is 8.46. The molecule has 9 heteroatoms. The van der Waals surface area contributed by atoms with Crippen LogP contribution in [-0.2, 0) is 31.2 Å². The van der Waals surface area contributed by atoms with Crippen molar-refractivity contribution in [2.45, 2.75) is 44.2 Å². The predicted octanol–water partition coefficient (Wildman–Crippen LogP) is 0.910. The molecule has 1 amide bonds. The van der Waals surface area contributed by atoms with Crippen molar-refractivity contribution in [1.82, 2.24) is 9.62 Å². The fourth-order valence-electron chi connectivity index (χ4n) is 3.17. The van der Waals surface area contributed by atoms with E-state index in [-0.39, 0.29) is 28.9 Å². The van der Waals surface area contributed by atoms with Crippen LogP contribution in [0.5, 0.6) is 0 Å². The van der Waals surface area contributed by atoms with E-state index < -0.39 is 25.4 Å². The first kappa shape index (κ1) is 19.9. The molecule has 0 bridgehead atoms. The highest BCUT2D eigenvalue weighted by Gasteiger charge is 2.47. The zero-order valence-electron chi connectivity index (χ0n) is 14.6. The summed E-state index contributed by atoms with van der Waals surface area (Å²) >= 11 is 0. The third kappa shape index (κ3) is 4.39. The van der Waals surface area contributed by atoms with Crippen molar-refractivity contribution in [3.63, 3.8) is 0 Å². The highest BCUT2D eigenvalue weighted by Crippen LogP contribution is 2.33. The lowest BCUT2D eigenvalue weighted by molar-refractivity contribution is -0.119. The Morgan fingerprint density at radius 1 is 1.28 bits per heavy atom. The van der Waals surface area contributed by atoms with Gasteiger partial charge in [-0.05, 0) is 31.0 Å². The molecule has 140 valence electrons. The average molecular weight is 389 g/mol. The molecule has 1 aliphatic rings. The van der Waals surface area contributed by atoms with Crippen LogP contribution in [0.3, 0.4) is 0 Å². The third-order valence-electron chi connectivity index (χ3n) is 4.42. The molecule has 0 aliphatic carbocycles. The van der Waals surface area contributed by atoms with Gasteiger partial charge in [0.2, 0.25) is 15.9 Å². The number of hydrogen-bond acceptors (Lipinski definition) is 5. The molecule has 1 aromatic carbocycles. The van der Waals surface area contributed by atoms with Gasteiger partial charge in [0.1, 0.15) is 0 Å². The van der Waals surface area contributed by atoms with E-state index in [4.69, 9.17) is 0 Å². The van der Waals surface area contributed by atoms with E-state index in [0.29, 0.717) is 13.0 Å². The Balaban J connectivity index is 2.28. The fraction of sp³-hybridized carbons (Fsp3) is 0.562. The zero-order chi connectivity index (χ0) is 18.9. The molecule has 25 heavy (non-hydrogen) atoms. The molecule has 0 saturated carbocycles. The van der Waals surface area contributed by atoms with Crippen LogP contribution in [0.15, 0.2) is 29.2 Å². The first-order chi connectivity index (χ1) is 11.5. The largest absolute Gasteiger partial charge is 0.352 e. The van der Waals surface area contributed by atoms with Crippen molar-refractivity contribution in [3.8, 4) is 0 Å². The van der Waals surface area contributed by atoms with Crippen LogP contribution in [-0.4, -0.2) is 50.6 Å². The second kappa shape index (κ2) is 7.05. The van der Waals surface area contributed by atoms with Crippen LogP contribution < -0.4 is 5.32 Å². The summed E-state index contributed by atoms with van der Waals surface area (Å²) in [7, 11) is -7.03. The van der Waals surface area contributed by atoms with Crippen molar-refractivity contribution in [3.05, 3.63) is 29.8 Å². The Morgan fingerprint density at radius 3 is 2.32 bits per heavy atom. The van der Waals surface area contributed by atoms with Gasteiger partial charge in [0.15, 0.2) is 9.84 Å². The number of nitrogens with zero attached hydrogens (tertiary/aromatic N) is 1. The quantitative estimate of drug-likeness (QED) is 0.781. The predicted molar refractivity (Wildman–Crippen MR) is 95.2 cm³/mol. The second-order valence-corrected chi connectivity index (χ2v) is 10.6. The molecule has 1 aromatic rings. The fourth-order valence-corrected chi connectivity index (χ4v) is 7.20. The minimum atomic E-state index is -3.81. The van der Waals surface area contributed by atoms with Gasteiger partial charge in [-0.25, -0.2) is 16.8 Å². The first-order valence-electron chi connectivity index (χ1n) is 8.07. The lowest BCUT2D eigenvalue weighted by Gasteiger charge is -2.35. The summed E-state index contributed by atoms with van der Waals surface area (Å²) in [5.41, 5.74) is -0.145. The van der Waals surface area contributed by atoms with Crippen LogP contribution >= 0.6 is 0 Å². The van der Waals surface area contributed by atoms with E-state index in [1.54, 1.807) is 26.0 Å². The van der Waals surface area contributed by atoms with Gasteiger partial charge >= 0.3 is 0 Å². The first-order valence-corrected chi connectivity index (χ1v) is 11.3. The normalized spacial score (nSPS) is 22.9. The Kier molecular flexibility index (Phi) is 5.60. The summed E-state index contributed by atoms with van der Waals surface area (Å²) in [6.45, 7) is 5.32. The van der Waals surface area contributed by atoms with Gasteiger partial charge in [-0.2, -0.15) is 4.31 Å². The van der Waals surface area contributed by atoms with Crippen LogP contribution in [0.2, 0.25) is 0 Å². The molecule has 0 radical (unpaired) electrons. The van der Waals surface area contributed by atoms with Gasteiger partial charge in [0, 0.05) is 25.6 Å². The molecule has 0 spiro atoms. The zero-order valence-corrected chi connectivity index (χ0v) is 16.3. The standard InChI is InChI=1S/C16H24N2O5S2/c1-4-18(16(3)9-10-24(20,21)12-16)25(22,23)15-7-5-14(6-8-15)11-17-13(2)19/h5-8H,4,9-12H2,1-3H3,(H,17,19)/t16-/m1/s1. The van der Waals surface area contributed by atoms with Crippen molar-refractivity contribution >= 4 is 25.8 Å². The van der Waals surface area contributed by atoms with Crippen LogP contribution in [0.4, 0.5) is 0 Å². The van der Waals surface area contributed by atoms with E-state index >= 15 is 0 Å². The maximum absolute atomic E-state index is 13.0. The summed E-state index contributed by atoms with van der Waals surface area (Å²) in [4.78, 5) is 11.1. The van der Waals surface area contributed by atoms with E-state index in [1.165, 1.54) is 23.4 Å². The number of carbonyl (C=O) groups excluding carboxylic acids is 1. The number of rotatable bonds is 6. The molecule has 1 aliphatic heterocycles. The average Bonchev–Trinajstić information content (AvgIpc) is 2.80.